The molecular weight excluding hydrogens is 300 g/mol. The van der Waals surface area contributed by atoms with E-state index in [1.54, 1.807) is 0 Å². The number of nitrogens with zero attached hydrogens (tertiary/aromatic N) is 2. The van der Waals surface area contributed by atoms with Crippen molar-refractivity contribution >= 4 is 23.1 Å². The van der Waals surface area contributed by atoms with E-state index >= 15 is 0 Å². The molecule has 0 saturated carbocycles. The van der Waals surface area contributed by atoms with Gasteiger partial charge in [0.15, 0.2) is 0 Å². The molecule has 0 radical (unpaired) electrons. The molecule has 0 aliphatic rings. The van der Waals surface area contributed by atoms with Gasteiger partial charge in [0.25, 0.3) is 0 Å². The highest BCUT2D eigenvalue weighted by Gasteiger charge is 2.05. The summed E-state index contributed by atoms with van der Waals surface area (Å²) in [4.78, 5) is 20.0. The minimum atomic E-state index is -0.0883. The van der Waals surface area contributed by atoms with E-state index in [2.05, 4.69) is 20.6 Å². The lowest BCUT2D eigenvalue weighted by molar-refractivity contribution is -0.114. The van der Waals surface area contributed by atoms with Crippen molar-refractivity contribution in [2.45, 2.75) is 13.8 Å². The average molecular weight is 318 g/mol. The fraction of sp³-hybridized carbons (Fsp3) is 0.105. The van der Waals surface area contributed by atoms with Crippen LogP contribution in [0, 0.1) is 6.92 Å². The predicted molar refractivity (Wildman–Crippen MR) is 96.2 cm³/mol. The third-order valence-corrected chi connectivity index (χ3v) is 3.39. The highest BCUT2D eigenvalue weighted by molar-refractivity contribution is 5.88. The minimum absolute atomic E-state index is 0.0883. The standard InChI is InChI=1S/C19H18N4O/c1-13-20-18(15-6-4-3-5-7-15)12-19(21-13)23-17-10-8-16(9-11-17)22-14(2)24/h3-12H,1-2H3,(H,22,24)(H,20,21,23). The monoisotopic (exact) mass is 318 g/mol. The van der Waals surface area contributed by atoms with E-state index in [0.717, 1.165) is 28.5 Å². The Balaban J connectivity index is 1.82. The Kier molecular flexibility index (Phi) is 4.52. The van der Waals surface area contributed by atoms with E-state index in [-0.39, 0.29) is 5.91 Å². The largest absolute Gasteiger partial charge is 0.340 e. The summed E-state index contributed by atoms with van der Waals surface area (Å²) in [6, 6.07) is 19.4. The van der Waals surface area contributed by atoms with Gasteiger partial charge in [-0.2, -0.15) is 0 Å². The highest BCUT2D eigenvalue weighted by Crippen LogP contribution is 2.22. The molecule has 120 valence electrons. The number of carbonyl (C=O) groups is 1. The second-order valence-corrected chi connectivity index (χ2v) is 5.44. The van der Waals surface area contributed by atoms with Gasteiger partial charge in [0.2, 0.25) is 5.91 Å². The highest BCUT2D eigenvalue weighted by atomic mass is 16.1. The maximum Gasteiger partial charge on any atom is 0.221 e. The number of amides is 1. The molecule has 0 unspecified atom stereocenters. The van der Waals surface area contributed by atoms with Crippen molar-refractivity contribution in [1.29, 1.82) is 0 Å². The lowest BCUT2D eigenvalue weighted by atomic mass is 10.1. The maximum atomic E-state index is 11.1. The SMILES string of the molecule is CC(=O)Nc1ccc(Nc2cc(-c3ccccc3)nc(C)n2)cc1. The molecule has 0 bridgehead atoms. The molecule has 0 spiro atoms. The van der Waals surface area contributed by atoms with Crippen molar-refractivity contribution in [2.24, 2.45) is 0 Å². The summed E-state index contributed by atoms with van der Waals surface area (Å²) < 4.78 is 0. The maximum absolute atomic E-state index is 11.1. The molecule has 2 aromatic carbocycles. The molecule has 0 aliphatic heterocycles. The Hall–Kier alpha value is -3.21. The molecule has 3 rings (SSSR count). The Labute approximate surface area is 140 Å². The van der Waals surface area contributed by atoms with E-state index in [4.69, 9.17) is 0 Å². The van der Waals surface area contributed by atoms with Crippen LogP contribution in [0.3, 0.4) is 0 Å². The van der Waals surface area contributed by atoms with Crippen LogP contribution in [0.5, 0.6) is 0 Å². The lowest BCUT2D eigenvalue weighted by Gasteiger charge is -2.10. The van der Waals surface area contributed by atoms with E-state index in [0.29, 0.717) is 5.82 Å². The number of benzene rings is 2. The van der Waals surface area contributed by atoms with Gasteiger partial charge in [0.05, 0.1) is 5.69 Å². The van der Waals surface area contributed by atoms with Crippen LogP contribution in [0.1, 0.15) is 12.7 Å². The third-order valence-electron chi connectivity index (χ3n) is 3.39. The molecule has 0 saturated heterocycles. The lowest BCUT2D eigenvalue weighted by Crippen LogP contribution is -2.05. The quantitative estimate of drug-likeness (QED) is 0.758. The molecule has 1 amide bonds. The summed E-state index contributed by atoms with van der Waals surface area (Å²) >= 11 is 0. The number of hydrogen-bond donors (Lipinski definition) is 2. The predicted octanol–water partition coefficient (Wildman–Crippen LogP) is 4.15. The van der Waals surface area contributed by atoms with Gasteiger partial charge in [0.1, 0.15) is 11.6 Å². The molecule has 24 heavy (non-hydrogen) atoms. The number of aryl methyl sites for hydroxylation is 1. The van der Waals surface area contributed by atoms with Crippen LogP contribution in [0.4, 0.5) is 17.2 Å². The first-order valence-corrected chi connectivity index (χ1v) is 7.66. The van der Waals surface area contributed by atoms with Gasteiger partial charge in [-0.3, -0.25) is 4.79 Å². The van der Waals surface area contributed by atoms with Gasteiger partial charge >= 0.3 is 0 Å². The number of anilines is 3. The Bertz CT molecular complexity index is 845. The molecule has 1 aromatic heterocycles. The Morgan fingerprint density at radius 1 is 0.917 bits per heavy atom. The van der Waals surface area contributed by atoms with Crippen LogP contribution < -0.4 is 10.6 Å². The number of nitrogens with one attached hydrogen (secondary N) is 2. The van der Waals surface area contributed by atoms with E-state index in [9.17, 15) is 4.79 Å². The minimum Gasteiger partial charge on any atom is -0.340 e. The van der Waals surface area contributed by atoms with Crippen LogP contribution in [0.25, 0.3) is 11.3 Å². The smallest absolute Gasteiger partial charge is 0.221 e. The van der Waals surface area contributed by atoms with Crippen molar-refractivity contribution < 1.29 is 4.79 Å². The van der Waals surface area contributed by atoms with Crippen molar-refractivity contribution in [3.63, 3.8) is 0 Å². The number of carbonyl (C=O) groups excluding carboxylic acids is 1. The fourth-order valence-corrected chi connectivity index (χ4v) is 2.38. The van der Waals surface area contributed by atoms with Crippen LogP contribution >= 0.6 is 0 Å². The number of rotatable bonds is 4. The second kappa shape index (κ2) is 6.91. The van der Waals surface area contributed by atoms with Crippen LogP contribution in [-0.4, -0.2) is 15.9 Å². The molecule has 0 fully saturated rings. The van der Waals surface area contributed by atoms with Gasteiger partial charge in [-0.25, -0.2) is 9.97 Å². The van der Waals surface area contributed by atoms with Crippen molar-refractivity contribution in [3.8, 4) is 11.3 Å². The summed E-state index contributed by atoms with van der Waals surface area (Å²) in [5, 5.41) is 6.01. The van der Waals surface area contributed by atoms with Crippen molar-refractivity contribution in [1.82, 2.24) is 9.97 Å². The zero-order valence-electron chi connectivity index (χ0n) is 13.6. The molecular formula is C19H18N4O. The third kappa shape index (κ3) is 3.95. The summed E-state index contributed by atoms with van der Waals surface area (Å²) in [5.41, 5.74) is 3.57. The first-order chi connectivity index (χ1) is 11.6. The molecule has 1 heterocycles. The van der Waals surface area contributed by atoms with Gasteiger partial charge in [-0.05, 0) is 31.2 Å². The van der Waals surface area contributed by atoms with E-state index in [1.165, 1.54) is 6.92 Å². The zero-order chi connectivity index (χ0) is 16.9. The topological polar surface area (TPSA) is 66.9 Å². The normalized spacial score (nSPS) is 10.2. The molecule has 5 heteroatoms. The van der Waals surface area contributed by atoms with Gasteiger partial charge in [0, 0.05) is 29.9 Å². The molecule has 3 aromatic rings. The fourth-order valence-electron chi connectivity index (χ4n) is 2.38. The number of aromatic nitrogens is 2. The van der Waals surface area contributed by atoms with Crippen LogP contribution in [0.15, 0.2) is 60.7 Å². The molecule has 5 nitrogen and oxygen atoms in total. The van der Waals surface area contributed by atoms with E-state index in [1.807, 2.05) is 67.6 Å². The Morgan fingerprint density at radius 3 is 2.25 bits per heavy atom. The second-order valence-electron chi connectivity index (χ2n) is 5.44. The van der Waals surface area contributed by atoms with Crippen LogP contribution in [0.2, 0.25) is 0 Å². The summed E-state index contributed by atoms with van der Waals surface area (Å²) in [5.74, 6) is 1.34. The van der Waals surface area contributed by atoms with Crippen LogP contribution in [-0.2, 0) is 4.79 Å². The first-order valence-electron chi connectivity index (χ1n) is 7.66. The Morgan fingerprint density at radius 2 is 1.58 bits per heavy atom. The van der Waals surface area contributed by atoms with Crippen molar-refractivity contribution in [3.05, 3.63) is 66.5 Å². The van der Waals surface area contributed by atoms with E-state index < -0.39 is 0 Å². The first kappa shape index (κ1) is 15.7. The molecule has 2 N–H and O–H groups in total. The summed E-state index contributed by atoms with van der Waals surface area (Å²) in [6.45, 7) is 3.36. The summed E-state index contributed by atoms with van der Waals surface area (Å²) in [6.07, 6.45) is 0. The van der Waals surface area contributed by atoms with Gasteiger partial charge in [-0.1, -0.05) is 30.3 Å². The summed E-state index contributed by atoms with van der Waals surface area (Å²) in [7, 11) is 0. The molecule has 0 atom stereocenters. The number of hydrogen-bond acceptors (Lipinski definition) is 4. The molecule has 0 aliphatic carbocycles. The van der Waals surface area contributed by atoms with Crippen molar-refractivity contribution in [2.75, 3.05) is 10.6 Å². The zero-order valence-corrected chi connectivity index (χ0v) is 13.6. The van der Waals surface area contributed by atoms with Gasteiger partial charge < -0.3 is 10.6 Å². The average Bonchev–Trinajstić information content (AvgIpc) is 2.56. The van der Waals surface area contributed by atoms with Gasteiger partial charge in [-0.15, -0.1) is 0 Å².